The van der Waals surface area contributed by atoms with Crippen LogP contribution in [-0.2, 0) is 6.42 Å². The van der Waals surface area contributed by atoms with Gasteiger partial charge in [0.25, 0.3) is 5.91 Å². The molecule has 90 valence electrons. The van der Waals surface area contributed by atoms with Crippen molar-refractivity contribution < 1.29 is 9.90 Å². The number of carbonyl (C=O) groups is 1. The summed E-state index contributed by atoms with van der Waals surface area (Å²) in [4.78, 5) is 13.7. The van der Waals surface area contributed by atoms with Crippen LogP contribution < -0.4 is 5.32 Å². The lowest BCUT2D eigenvalue weighted by Gasteiger charge is -2.04. The third kappa shape index (κ3) is 3.61. The molecular weight excluding hydrogens is 222 g/mol. The summed E-state index contributed by atoms with van der Waals surface area (Å²) >= 11 is 1.53. The van der Waals surface area contributed by atoms with Crippen molar-refractivity contribution in [3.8, 4) is 0 Å². The van der Waals surface area contributed by atoms with Crippen molar-refractivity contribution in [2.45, 2.75) is 39.7 Å². The average Bonchev–Trinajstić information content (AvgIpc) is 2.59. The smallest absolute Gasteiger partial charge is 0.261 e. The van der Waals surface area contributed by atoms with E-state index in [4.69, 9.17) is 5.11 Å². The molecule has 0 saturated heterocycles. The van der Waals surface area contributed by atoms with Gasteiger partial charge in [0.05, 0.1) is 11.0 Å². The molecule has 1 aromatic heterocycles. The summed E-state index contributed by atoms with van der Waals surface area (Å²) in [7, 11) is 0. The number of amides is 1. The first-order valence-corrected chi connectivity index (χ1v) is 6.41. The molecule has 2 N–H and O–H groups in total. The quantitative estimate of drug-likeness (QED) is 0.829. The third-order valence-corrected chi connectivity index (χ3v) is 3.56. The maximum Gasteiger partial charge on any atom is 0.261 e. The molecule has 4 heteroatoms. The van der Waals surface area contributed by atoms with Crippen molar-refractivity contribution in [2.75, 3.05) is 6.54 Å². The van der Waals surface area contributed by atoms with Gasteiger partial charge >= 0.3 is 0 Å². The second-order valence-electron chi connectivity index (χ2n) is 3.94. The molecule has 1 amide bonds. The summed E-state index contributed by atoms with van der Waals surface area (Å²) in [5, 5.41) is 11.9. The Bertz CT molecular complexity index is 358. The summed E-state index contributed by atoms with van der Waals surface area (Å²) in [5.74, 6) is -0.0338. The van der Waals surface area contributed by atoms with Crippen LogP contribution in [0.15, 0.2) is 6.07 Å². The molecule has 0 aliphatic heterocycles. The van der Waals surface area contributed by atoms with Gasteiger partial charge in [-0.1, -0.05) is 6.92 Å². The van der Waals surface area contributed by atoms with Crippen LogP contribution in [0.5, 0.6) is 0 Å². The van der Waals surface area contributed by atoms with Crippen LogP contribution in [0.4, 0.5) is 0 Å². The Morgan fingerprint density at radius 3 is 2.81 bits per heavy atom. The highest BCUT2D eigenvalue weighted by molar-refractivity contribution is 7.14. The minimum atomic E-state index is -0.364. The van der Waals surface area contributed by atoms with E-state index in [1.807, 2.05) is 13.0 Å². The number of aliphatic hydroxyl groups is 1. The molecule has 0 fully saturated rings. The van der Waals surface area contributed by atoms with Gasteiger partial charge in [-0.05, 0) is 38.3 Å². The van der Waals surface area contributed by atoms with Gasteiger partial charge in [-0.3, -0.25) is 4.79 Å². The van der Waals surface area contributed by atoms with Crippen LogP contribution in [0.1, 0.15) is 40.4 Å². The summed E-state index contributed by atoms with van der Waals surface area (Å²) < 4.78 is 0. The standard InChI is InChI=1S/C12H19NO2S/c1-4-10-7-11(16-9(10)3)12(15)13-6-5-8(2)14/h7-8,14H,4-6H2,1-3H3,(H,13,15). The van der Waals surface area contributed by atoms with Gasteiger partial charge in [0.2, 0.25) is 0 Å². The van der Waals surface area contributed by atoms with Crippen molar-refractivity contribution in [1.29, 1.82) is 0 Å². The zero-order valence-corrected chi connectivity index (χ0v) is 10.9. The minimum absolute atomic E-state index is 0.0338. The Balaban J connectivity index is 2.52. The number of carbonyl (C=O) groups excluding carboxylic acids is 1. The van der Waals surface area contributed by atoms with E-state index >= 15 is 0 Å². The Morgan fingerprint density at radius 1 is 1.62 bits per heavy atom. The second kappa shape index (κ2) is 6.01. The first-order valence-electron chi connectivity index (χ1n) is 5.60. The van der Waals surface area contributed by atoms with Gasteiger partial charge in [-0.2, -0.15) is 0 Å². The van der Waals surface area contributed by atoms with E-state index in [0.717, 1.165) is 11.3 Å². The number of thiophene rings is 1. The third-order valence-electron chi connectivity index (χ3n) is 2.47. The van der Waals surface area contributed by atoms with E-state index in [-0.39, 0.29) is 12.0 Å². The van der Waals surface area contributed by atoms with Crippen LogP contribution in [0.25, 0.3) is 0 Å². The van der Waals surface area contributed by atoms with E-state index < -0.39 is 0 Å². The number of aryl methyl sites for hydroxylation is 2. The van der Waals surface area contributed by atoms with E-state index in [1.165, 1.54) is 21.8 Å². The number of rotatable bonds is 5. The van der Waals surface area contributed by atoms with Gasteiger partial charge in [0.15, 0.2) is 0 Å². The van der Waals surface area contributed by atoms with E-state index in [2.05, 4.69) is 12.2 Å². The lowest BCUT2D eigenvalue weighted by molar-refractivity contribution is 0.0949. The van der Waals surface area contributed by atoms with Gasteiger partial charge in [-0.25, -0.2) is 0 Å². The largest absolute Gasteiger partial charge is 0.393 e. The van der Waals surface area contributed by atoms with Crippen LogP contribution in [-0.4, -0.2) is 23.7 Å². The fourth-order valence-corrected chi connectivity index (χ4v) is 2.49. The molecule has 0 spiro atoms. The Hall–Kier alpha value is -0.870. The molecule has 0 saturated carbocycles. The van der Waals surface area contributed by atoms with Crippen molar-refractivity contribution in [3.63, 3.8) is 0 Å². The Kier molecular flexibility index (Phi) is 4.96. The molecule has 1 unspecified atom stereocenters. The predicted octanol–water partition coefficient (Wildman–Crippen LogP) is 2.12. The lowest BCUT2D eigenvalue weighted by atomic mass is 10.2. The average molecular weight is 241 g/mol. The van der Waals surface area contributed by atoms with Crippen molar-refractivity contribution >= 4 is 17.2 Å². The Labute approximate surface area is 100 Å². The predicted molar refractivity (Wildman–Crippen MR) is 67.1 cm³/mol. The molecule has 1 heterocycles. The first-order chi connectivity index (χ1) is 7.54. The highest BCUT2D eigenvalue weighted by atomic mass is 32.1. The molecule has 0 aromatic carbocycles. The van der Waals surface area contributed by atoms with Crippen molar-refractivity contribution in [2.24, 2.45) is 0 Å². The molecule has 1 atom stereocenters. The van der Waals surface area contributed by atoms with Gasteiger partial charge < -0.3 is 10.4 Å². The fourth-order valence-electron chi connectivity index (χ4n) is 1.46. The van der Waals surface area contributed by atoms with E-state index in [1.54, 1.807) is 6.92 Å². The van der Waals surface area contributed by atoms with Crippen LogP contribution in [0, 0.1) is 6.92 Å². The summed E-state index contributed by atoms with van der Waals surface area (Å²) in [6.45, 7) is 6.37. The number of hydrogen-bond donors (Lipinski definition) is 2. The van der Waals surface area contributed by atoms with Gasteiger partial charge in [0, 0.05) is 11.4 Å². The highest BCUT2D eigenvalue weighted by Crippen LogP contribution is 2.21. The maximum absolute atomic E-state index is 11.7. The summed E-state index contributed by atoms with van der Waals surface area (Å²) in [5.41, 5.74) is 1.24. The number of nitrogens with one attached hydrogen (secondary N) is 1. The molecule has 1 aromatic rings. The molecule has 16 heavy (non-hydrogen) atoms. The topological polar surface area (TPSA) is 49.3 Å². The van der Waals surface area contributed by atoms with Crippen molar-refractivity contribution in [3.05, 3.63) is 21.4 Å². The zero-order chi connectivity index (χ0) is 12.1. The Morgan fingerprint density at radius 2 is 2.31 bits per heavy atom. The normalized spacial score (nSPS) is 12.5. The first kappa shape index (κ1) is 13.2. The van der Waals surface area contributed by atoms with Gasteiger partial charge in [-0.15, -0.1) is 11.3 Å². The van der Waals surface area contributed by atoms with Crippen LogP contribution in [0.3, 0.4) is 0 Å². The summed E-state index contributed by atoms with van der Waals surface area (Å²) in [6.07, 6.45) is 1.19. The molecule has 0 aliphatic carbocycles. The summed E-state index contributed by atoms with van der Waals surface area (Å²) in [6, 6.07) is 1.96. The molecule has 0 bridgehead atoms. The SMILES string of the molecule is CCc1cc(C(=O)NCCC(C)O)sc1C. The van der Waals surface area contributed by atoms with Crippen LogP contribution >= 0.6 is 11.3 Å². The fraction of sp³-hybridized carbons (Fsp3) is 0.583. The zero-order valence-electron chi connectivity index (χ0n) is 10.0. The maximum atomic E-state index is 11.7. The van der Waals surface area contributed by atoms with E-state index in [9.17, 15) is 4.79 Å². The number of hydrogen-bond acceptors (Lipinski definition) is 3. The van der Waals surface area contributed by atoms with Crippen LogP contribution in [0.2, 0.25) is 0 Å². The lowest BCUT2D eigenvalue weighted by Crippen LogP contribution is -2.25. The van der Waals surface area contributed by atoms with Crippen molar-refractivity contribution in [1.82, 2.24) is 5.32 Å². The number of aliphatic hydroxyl groups excluding tert-OH is 1. The molecule has 1 rings (SSSR count). The highest BCUT2D eigenvalue weighted by Gasteiger charge is 2.11. The molecule has 3 nitrogen and oxygen atoms in total. The van der Waals surface area contributed by atoms with E-state index in [0.29, 0.717) is 13.0 Å². The monoisotopic (exact) mass is 241 g/mol. The molecule has 0 radical (unpaired) electrons. The van der Waals surface area contributed by atoms with Gasteiger partial charge in [0.1, 0.15) is 0 Å². The molecule has 0 aliphatic rings. The molecular formula is C12H19NO2S. The minimum Gasteiger partial charge on any atom is -0.393 e. The second-order valence-corrected chi connectivity index (χ2v) is 5.20.